The summed E-state index contributed by atoms with van der Waals surface area (Å²) < 4.78 is 17.4. The van der Waals surface area contributed by atoms with Gasteiger partial charge in [-0.25, -0.2) is 4.98 Å². The Morgan fingerprint density at radius 3 is 3.00 bits per heavy atom. The average molecular weight is 348 g/mol. The van der Waals surface area contributed by atoms with Crippen molar-refractivity contribution in [1.29, 1.82) is 0 Å². The van der Waals surface area contributed by atoms with Crippen molar-refractivity contribution in [2.45, 2.75) is 51.0 Å². The molecule has 24 heavy (non-hydrogen) atoms. The van der Waals surface area contributed by atoms with Crippen molar-refractivity contribution >= 4 is 11.3 Å². The number of rotatable bonds is 5. The fraction of sp³-hybridized carbons (Fsp3) is 0.611. The van der Waals surface area contributed by atoms with Crippen LogP contribution in [0.2, 0.25) is 0 Å². The molecule has 0 unspecified atom stereocenters. The van der Waals surface area contributed by atoms with Crippen molar-refractivity contribution in [1.82, 2.24) is 9.88 Å². The minimum atomic E-state index is 0.0234. The van der Waals surface area contributed by atoms with Gasteiger partial charge in [-0.05, 0) is 25.8 Å². The van der Waals surface area contributed by atoms with E-state index in [1.807, 2.05) is 19.3 Å². The lowest BCUT2D eigenvalue weighted by atomic mass is 9.88. The molecule has 0 aromatic carbocycles. The topological polar surface area (TPSA) is 47.7 Å². The molecule has 2 aromatic rings. The van der Waals surface area contributed by atoms with Gasteiger partial charge in [0, 0.05) is 37.0 Å². The third-order valence-electron chi connectivity index (χ3n) is 5.06. The normalized spacial score (nSPS) is 24.0. The van der Waals surface area contributed by atoms with E-state index in [1.54, 1.807) is 17.6 Å². The number of ether oxygens (including phenoxy) is 2. The minimum absolute atomic E-state index is 0.0234. The molecular formula is C18H24N2O3S. The summed E-state index contributed by atoms with van der Waals surface area (Å²) in [5.74, 6) is 0. The zero-order valence-corrected chi connectivity index (χ0v) is 14.9. The molecule has 4 rings (SSSR count). The van der Waals surface area contributed by atoms with Gasteiger partial charge in [0.05, 0.1) is 48.1 Å². The first kappa shape index (κ1) is 16.3. The fourth-order valence-electron chi connectivity index (χ4n) is 3.70. The quantitative estimate of drug-likeness (QED) is 0.829. The van der Waals surface area contributed by atoms with E-state index in [-0.39, 0.29) is 11.7 Å². The van der Waals surface area contributed by atoms with Gasteiger partial charge < -0.3 is 13.9 Å². The first-order chi connectivity index (χ1) is 11.7. The van der Waals surface area contributed by atoms with Crippen LogP contribution in [0.5, 0.6) is 0 Å². The van der Waals surface area contributed by atoms with Crippen LogP contribution in [0.3, 0.4) is 0 Å². The Kier molecular flexibility index (Phi) is 4.72. The minimum Gasteiger partial charge on any atom is -0.472 e. The molecule has 0 aliphatic carbocycles. The molecule has 2 aliphatic heterocycles. The van der Waals surface area contributed by atoms with Crippen LogP contribution < -0.4 is 0 Å². The summed E-state index contributed by atoms with van der Waals surface area (Å²) in [6.45, 7) is 6.45. The van der Waals surface area contributed by atoms with Gasteiger partial charge >= 0.3 is 0 Å². The third kappa shape index (κ3) is 3.72. The van der Waals surface area contributed by atoms with Gasteiger partial charge in [-0.1, -0.05) is 0 Å². The second kappa shape index (κ2) is 6.96. The zero-order valence-electron chi connectivity index (χ0n) is 14.1. The number of thiazole rings is 1. The molecule has 2 aliphatic rings. The van der Waals surface area contributed by atoms with E-state index in [0.717, 1.165) is 49.6 Å². The summed E-state index contributed by atoms with van der Waals surface area (Å²) in [6, 6.07) is 2.04. The average Bonchev–Trinajstić information content (AvgIpc) is 3.31. The van der Waals surface area contributed by atoms with Crippen LogP contribution in [-0.4, -0.2) is 41.3 Å². The van der Waals surface area contributed by atoms with E-state index >= 15 is 0 Å². The second-order valence-corrected chi connectivity index (χ2v) is 7.96. The number of hydrogen-bond donors (Lipinski definition) is 0. The Morgan fingerprint density at radius 2 is 2.29 bits per heavy atom. The highest BCUT2D eigenvalue weighted by Gasteiger charge is 2.43. The predicted octanol–water partition coefficient (Wildman–Crippen LogP) is 3.38. The van der Waals surface area contributed by atoms with Gasteiger partial charge in [-0.2, -0.15) is 0 Å². The molecule has 130 valence electrons. The smallest absolute Gasteiger partial charge is 0.0947 e. The van der Waals surface area contributed by atoms with Crippen molar-refractivity contribution in [3.63, 3.8) is 0 Å². The van der Waals surface area contributed by atoms with Crippen LogP contribution in [0.25, 0.3) is 0 Å². The summed E-state index contributed by atoms with van der Waals surface area (Å²) in [5.41, 5.74) is 2.31. The summed E-state index contributed by atoms with van der Waals surface area (Å²) >= 11 is 1.68. The highest BCUT2D eigenvalue weighted by molar-refractivity contribution is 7.09. The van der Waals surface area contributed by atoms with Crippen molar-refractivity contribution in [2.24, 2.45) is 0 Å². The SMILES string of the molecule is Cc1nc(CO[C@H]2COC3(CCN(Cc4ccoc4)CC3)C2)cs1. The van der Waals surface area contributed by atoms with Crippen molar-refractivity contribution in [2.75, 3.05) is 19.7 Å². The lowest BCUT2D eigenvalue weighted by molar-refractivity contribution is -0.0468. The Morgan fingerprint density at radius 1 is 1.42 bits per heavy atom. The van der Waals surface area contributed by atoms with E-state index in [1.165, 1.54) is 5.56 Å². The highest BCUT2D eigenvalue weighted by Crippen LogP contribution is 2.37. The van der Waals surface area contributed by atoms with Gasteiger partial charge in [-0.3, -0.25) is 4.90 Å². The van der Waals surface area contributed by atoms with Gasteiger partial charge in [0.2, 0.25) is 0 Å². The van der Waals surface area contributed by atoms with Crippen LogP contribution in [0.4, 0.5) is 0 Å². The first-order valence-corrected chi connectivity index (χ1v) is 9.49. The molecule has 5 nitrogen and oxygen atoms in total. The molecule has 0 radical (unpaired) electrons. The maximum absolute atomic E-state index is 6.18. The third-order valence-corrected chi connectivity index (χ3v) is 5.88. The second-order valence-electron chi connectivity index (χ2n) is 6.90. The number of nitrogens with zero attached hydrogens (tertiary/aromatic N) is 2. The fourth-order valence-corrected chi connectivity index (χ4v) is 4.29. The van der Waals surface area contributed by atoms with Crippen molar-refractivity contribution < 1.29 is 13.9 Å². The standard InChI is InChI=1S/C18H24N2O3S/c1-14-19-16(13-24-14)11-22-17-8-18(23-12-17)3-5-20(6-4-18)9-15-2-7-21-10-15/h2,7,10,13,17H,3-6,8-9,11-12H2,1H3/t17-/m1/s1. The van der Waals surface area contributed by atoms with Gasteiger partial charge in [0.1, 0.15) is 0 Å². The van der Waals surface area contributed by atoms with Gasteiger partial charge in [0.15, 0.2) is 0 Å². The largest absolute Gasteiger partial charge is 0.472 e. The molecule has 1 atom stereocenters. The van der Waals surface area contributed by atoms with Crippen LogP contribution in [-0.2, 0) is 22.6 Å². The number of piperidine rings is 1. The molecular weight excluding hydrogens is 324 g/mol. The lowest BCUT2D eigenvalue weighted by Gasteiger charge is -2.38. The molecule has 0 bridgehead atoms. The number of aryl methyl sites for hydroxylation is 1. The molecule has 2 saturated heterocycles. The summed E-state index contributed by atoms with van der Waals surface area (Å²) in [6.07, 6.45) is 6.96. The molecule has 1 spiro atoms. The molecule has 2 fully saturated rings. The molecule has 2 aromatic heterocycles. The van der Waals surface area contributed by atoms with E-state index in [4.69, 9.17) is 13.9 Å². The van der Waals surface area contributed by atoms with E-state index < -0.39 is 0 Å². The van der Waals surface area contributed by atoms with E-state index in [0.29, 0.717) is 13.2 Å². The van der Waals surface area contributed by atoms with Gasteiger partial charge in [-0.15, -0.1) is 11.3 Å². The molecule has 6 heteroatoms. The Bertz CT molecular complexity index is 647. The Balaban J connectivity index is 1.24. The van der Waals surface area contributed by atoms with Crippen molar-refractivity contribution in [3.05, 3.63) is 40.2 Å². The number of likely N-dealkylation sites (tertiary alicyclic amines) is 1. The lowest BCUT2D eigenvalue weighted by Crippen LogP contribution is -2.43. The molecule has 4 heterocycles. The van der Waals surface area contributed by atoms with Crippen LogP contribution >= 0.6 is 11.3 Å². The van der Waals surface area contributed by atoms with E-state index in [9.17, 15) is 0 Å². The monoisotopic (exact) mass is 348 g/mol. The maximum atomic E-state index is 6.18. The Hall–Kier alpha value is -1.21. The summed E-state index contributed by atoms with van der Waals surface area (Å²) in [5, 5.41) is 3.17. The zero-order chi connectivity index (χ0) is 16.4. The molecule has 0 saturated carbocycles. The molecule has 0 N–H and O–H groups in total. The van der Waals surface area contributed by atoms with E-state index in [2.05, 4.69) is 15.3 Å². The van der Waals surface area contributed by atoms with Gasteiger partial charge in [0.25, 0.3) is 0 Å². The maximum Gasteiger partial charge on any atom is 0.0947 e. The molecule has 0 amide bonds. The number of hydrogen-bond acceptors (Lipinski definition) is 6. The summed E-state index contributed by atoms with van der Waals surface area (Å²) in [7, 11) is 0. The Labute approximate surface area is 146 Å². The van der Waals surface area contributed by atoms with Crippen molar-refractivity contribution in [3.8, 4) is 0 Å². The van der Waals surface area contributed by atoms with Crippen LogP contribution in [0.15, 0.2) is 28.4 Å². The number of aromatic nitrogens is 1. The predicted molar refractivity (Wildman–Crippen MR) is 91.9 cm³/mol. The summed E-state index contributed by atoms with van der Waals surface area (Å²) in [4.78, 5) is 6.94. The highest BCUT2D eigenvalue weighted by atomic mass is 32.1. The number of furan rings is 1. The van der Waals surface area contributed by atoms with Crippen LogP contribution in [0, 0.1) is 6.92 Å². The first-order valence-electron chi connectivity index (χ1n) is 8.61. The van der Waals surface area contributed by atoms with Crippen LogP contribution in [0.1, 0.15) is 35.5 Å².